The Balaban J connectivity index is 2.44. The minimum atomic E-state index is -0.0748. The van der Waals surface area contributed by atoms with Crippen molar-refractivity contribution in [2.75, 3.05) is 13.1 Å². The molecule has 0 atom stereocenters. The molecule has 96 valence electrons. The summed E-state index contributed by atoms with van der Waals surface area (Å²) in [6.45, 7) is 9.55. The molecule has 0 spiro atoms. The van der Waals surface area contributed by atoms with Crippen LogP contribution in [-0.2, 0) is 0 Å². The highest BCUT2D eigenvalue weighted by molar-refractivity contribution is 7.08. The average molecular weight is 256 g/mol. The predicted molar refractivity (Wildman–Crippen MR) is 69.5 cm³/mol. The second-order valence-corrected chi connectivity index (χ2v) is 5.26. The summed E-state index contributed by atoms with van der Waals surface area (Å²) < 4.78 is 3.84. The number of carbonyl (C=O) groups is 1. The van der Waals surface area contributed by atoms with Crippen molar-refractivity contribution in [2.24, 2.45) is 0 Å². The first-order valence-electron chi connectivity index (χ1n) is 5.86. The van der Waals surface area contributed by atoms with Gasteiger partial charge in [-0.15, -0.1) is 5.10 Å². The Morgan fingerprint density at radius 2 is 2.00 bits per heavy atom. The van der Waals surface area contributed by atoms with E-state index in [9.17, 15) is 4.79 Å². The highest BCUT2D eigenvalue weighted by Gasteiger charge is 2.17. The molecular weight excluding hydrogens is 236 g/mol. The van der Waals surface area contributed by atoms with Crippen LogP contribution < -0.4 is 10.6 Å². The molecule has 0 aliphatic carbocycles. The van der Waals surface area contributed by atoms with Gasteiger partial charge in [-0.25, -0.2) is 0 Å². The molecule has 2 N–H and O–H groups in total. The molecule has 0 saturated carbocycles. The maximum Gasteiger partial charge on any atom is 0.265 e. The Hall–Kier alpha value is -1.01. The quantitative estimate of drug-likeness (QED) is 0.755. The summed E-state index contributed by atoms with van der Waals surface area (Å²) in [4.78, 5) is 12.5. The lowest BCUT2D eigenvalue weighted by atomic mass is 10.1. The summed E-state index contributed by atoms with van der Waals surface area (Å²) in [5.74, 6) is 0.151. The number of aromatic nitrogens is 2. The van der Waals surface area contributed by atoms with Crippen LogP contribution >= 0.6 is 11.5 Å². The smallest absolute Gasteiger partial charge is 0.265 e. The van der Waals surface area contributed by atoms with Crippen molar-refractivity contribution in [1.82, 2.24) is 20.2 Å². The van der Waals surface area contributed by atoms with Crippen LogP contribution in [0.25, 0.3) is 0 Å². The van der Waals surface area contributed by atoms with Crippen LogP contribution in [0.2, 0.25) is 0 Å². The second-order valence-electron chi connectivity index (χ2n) is 4.51. The van der Waals surface area contributed by atoms with E-state index in [1.165, 1.54) is 0 Å². The molecule has 0 unspecified atom stereocenters. The summed E-state index contributed by atoms with van der Waals surface area (Å²) in [6.07, 6.45) is 0. The first-order chi connectivity index (χ1) is 8.02. The summed E-state index contributed by atoms with van der Waals surface area (Å²) in [7, 11) is 0. The fourth-order valence-electron chi connectivity index (χ4n) is 1.35. The van der Waals surface area contributed by atoms with Crippen LogP contribution in [0, 0.1) is 0 Å². The predicted octanol–water partition coefficient (Wildman–Crippen LogP) is 1.39. The van der Waals surface area contributed by atoms with Gasteiger partial charge >= 0.3 is 0 Å². The van der Waals surface area contributed by atoms with Crippen molar-refractivity contribution in [3.8, 4) is 0 Å². The van der Waals surface area contributed by atoms with Gasteiger partial charge in [0, 0.05) is 19.1 Å². The molecule has 0 aliphatic heterocycles. The zero-order valence-corrected chi connectivity index (χ0v) is 11.6. The standard InChI is InChI=1S/C11H20N4OS/c1-7(2)9-10(17-15-14-9)11(16)13-6-5-12-8(3)4/h7-8,12H,5-6H2,1-4H3,(H,13,16). The number of carbonyl (C=O) groups excluding carboxylic acids is 1. The molecule has 17 heavy (non-hydrogen) atoms. The van der Waals surface area contributed by atoms with Crippen LogP contribution in [-0.4, -0.2) is 34.6 Å². The van der Waals surface area contributed by atoms with Crippen LogP contribution in [0.15, 0.2) is 0 Å². The largest absolute Gasteiger partial charge is 0.350 e. The SMILES string of the molecule is CC(C)NCCNC(=O)c1snnc1C(C)C. The first-order valence-corrected chi connectivity index (χ1v) is 6.63. The molecule has 0 bridgehead atoms. The summed E-state index contributed by atoms with van der Waals surface area (Å²) in [6, 6.07) is 0.434. The summed E-state index contributed by atoms with van der Waals surface area (Å²) in [5.41, 5.74) is 0.782. The Morgan fingerprint density at radius 3 is 2.59 bits per heavy atom. The van der Waals surface area contributed by atoms with E-state index in [1.807, 2.05) is 13.8 Å². The third-order valence-corrected chi connectivity index (χ3v) is 2.97. The Kier molecular flexibility index (Phi) is 5.50. The fraction of sp³-hybridized carbons (Fsp3) is 0.727. The molecule has 0 fully saturated rings. The minimum Gasteiger partial charge on any atom is -0.350 e. The molecule has 1 rings (SSSR count). The van der Waals surface area contributed by atoms with E-state index in [0.717, 1.165) is 23.8 Å². The van der Waals surface area contributed by atoms with E-state index in [1.54, 1.807) is 0 Å². The highest BCUT2D eigenvalue weighted by Crippen LogP contribution is 2.19. The molecule has 1 aromatic rings. The molecular formula is C11H20N4OS. The third kappa shape index (κ3) is 4.40. The molecule has 0 saturated heterocycles. The van der Waals surface area contributed by atoms with Gasteiger partial charge in [-0.2, -0.15) is 0 Å². The van der Waals surface area contributed by atoms with E-state index in [0.29, 0.717) is 17.5 Å². The molecule has 1 aromatic heterocycles. The lowest BCUT2D eigenvalue weighted by Crippen LogP contribution is -2.34. The number of hydrogen-bond donors (Lipinski definition) is 2. The van der Waals surface area contributed by atoms with Crippen molar-refractivity contribution in [1.29, 1.82) is 0 Å². The van der Waals surface area contributed by atoms with Gasteiger partial charge in [0.1, 0.15) is 4.88 Å². The molecule has 1 amide bonds. The Morgan fingerprint density at radius 1 is 1.29 bits per heavy atom. The molecule has 1 heterocycles. The first kappa shape index (κ1) is 14.1. The van der Waals surface area contributed by atoms with Crippen molar-refractivity contribution in [3.05, 3.63) is 10.6 Å². The molecule has 6 heteroatoms. The van der Waals surface area contributed by atoms with Gasteiger partial charge in [-0.05, 0) is 17.5 Å². The van der Waals surface area contributed by atoms with Gasteiger partial charge in [0.25, 0.3) is 5.91 Å². The molecule has 0 aromatic carbocycles. The Labute approximate surface area is 106 Å². The highest BCUT2D eigenvalue weighted by atomic mass is 32.1. The van der Waals surface area contributed by atoms with E-state index in [4.69, 9.17) is 0 Å². The molecule has 0 radical (unpaired) electrons. The van der Waals surface area contributed by atoms with E-state index in [2.05, 4.69) is 34.1 Å². The van der Waals surface area contributed by atoms with Crippen molar-refractivity contribution in [3.63, 3.8) is 0 Å². The van der Waals surface area contributed by atoms with Gasteiger partial charge in [0.15, 0.2) is 0 Å². The number of nitrogens with zero attached hydrogens (tertiary/aromatic N) is 2. The average Bonchev–Trinajstić information content (AvgIpc) is 2.72. The Bertz CT molecular complexity index is 362. The van der Waals surface area contributed by atoms with Gasteiger partial charge in [-0.3, -0.25) is 4.79 Å². The van der Waals surface area contributed by atoms with E-state index >= 15 is 0 Å². The number of hydrogen-bond acceptors (Lipinski definition) is 5. The zero-order valence-electron chi connectivity index (χ0n) is 10.8. The minimum absolute atomic E-state index is 0.0748. The van der Waals surface area contributed by atoms with Crippen molar-refractivity contribution < 1.29 is 4.79 Å². The van der Waals surface area contributed by atoms with Gasteiger partial charge in [-0.1, -0.05) is 32.2 Å². The summed E-state index contributed by atoms with van der Waals surface area (Å²) >= 11 is 1.16. The van der Waals surface area contributed by atoms with Gasteiger partial charge in [0.2, 0.25) is 0 Å². The molecule has 0 aliphatic rings. The van der Waals surface area contributed by atoms with E-state index in [-0.39, 0.29) is 11.8 Å². The maximum atomic E-state index is 11.9. The van der Waals surface area contributed by atoms with Crippen LogP contribution in [0.1, 0.15) is 49.0 Å². The third-order valence-electron chi connectivity index (χ3n) is 2.23. The van der Waals surface area contributed by atoms with Crippen LogP contribution in [0.3, 0.4) is 0 Å². The monoisotopic (exact) mass is 256 g/mol. The number of nitrogens with one attached hydrogen (secondary N) is 2. The lowest BCUT2D eigenvalue weighted by Gasteiger charge is -2.09. The van der Waals surface area contributed by atoms with Crippen molar-refractivity contribution in [2.45, 2.75) is 39.7 Å². The second kappa shape index (κ2) is 6.66. The fourth-order valence-corrected chi connectivity index (χ4v) is 2.09. The van der Waals surface area contributed by atoms with Gasteiger partial charge < -0.3 is 10.6 Å². The number of rotatable bonds is 6. The topological polar surface area (TPSA) is 66.9 Å². The number of amides is 1. The lowest BCUT2D eigenvalue weighted by molar-refractivity contribution is 0.0956. The maximum absolute atomic E-state index is 11.9. The van der Waals surface area contributed by atoms with Crippen molar-refractivity contribution >= 4 is 17.4 Å². The van der Waals surface area contributed by atoms with E-state index < -0.39 is 0 Å². The van der Waals surface area contributed by atoms with Crippen LogP contribution in [0.5, 0.6) is 0 Å². The zero-order chi connectivity index (χ0) is 12.8. The summed E-state index contributed by atoms with van der Waals surface area (Å²) in [5, 5.41) is 10.1. The van der Waals surface area contributed by atoms with Crippen LogP contribution in [0.4, 0.5) is 0 Å². The van der Waals surface area contributed by atoms with Gasteiger partial charge in [0.05, 0.1) is 5.69 Å². The molecule has 5 nitrogen and oxygen atoms in total. The normalized spacial score (nSPS) is 11.2.